The molecule has 3 aromatic rings. The summed E-state index contributed by atoms with van der Waals surface area (Å²) in [5.41, 5.74) is -2.68. The van der Waals surface area contributed by atoms with Crippen molar-refractivity contribution in [3.05, 3.63) is 82.7 Å². The second-order valence-corrected chi connectivity index (χ2v) is 12.4. The number of halogens is 10. The summed E-state index contributed by atoms with van der Waals surface area (Å²) in [6, 6.07) is 4.20. The normalized spacial score (nSPS) is 21.9. The molecule has 5 rings (SSSR count). The van der Waals surface area contributed by atoms with E-state index in [1.54, 1.807) is 0 Å². The largest absolute Gasteiger partial charge is 0.573 e. The van der Waals surface area contributed by atoms with Gasteiger partial charge in [-0.15, -0.1) is 13.2 Å². The molecule has 0 N–H and O–H groups in total. The lowest BCUT2D eigenvalue weighted by molar-refractivity contribution is -0.276. The molecule has 0 amide bonds. The van der Waals surface area contributed by atoms with E-state index in [2.05, 4.69) is 16.4 Å². The van der Waals surface area contributed by atoms with Gasteiger partial charge in [-0.25, -0.2) is 22.0 Å². The van der Waals surface area contributed by atoms with Gasteiger partial charge in [-0.2, -0.15) is 8.78 Å². The van der Waals surface area contributed by atoms with E-state index >= 15 is 17.6 Å². The molecule has 0 atom stereocenters. The van der Waals surface area contributed by atoms with Gasteiger partial charge in [0.1, 0.15) is 28.8 Å². The van der Waals surface area contributed by atoms with Gasteiger partial charge in [0.15, 0.2) is 17.9 Å². The molecule has 0 bridgehead atoms. The highest BCUT2D eigenvalue weighted by atomic mass is 19.4. The number of benzene rings is 3. The van der Waals surface area contributed by atoms with E-state index in [1.807, 2.05) is 0 Å². The fraction of sp³-hybridized carbons (Fsp3) is 0.486. The summed E-state index contributed by atoms with van der Waals surface area (Å²) in [5, 5.41) is 0. The summed E-state index contributed by atoms with van der Waals surface area (Å²) >= 11 is 0. The molecule has 0 radical (unpaired) electrons. The SMILES string of the molecule is CCCCCC1COC(C2CCC(c3cc(F)c(C(F)(F)Oc4ccc(-c5cc(F)c(OC(F)(F)F)c(F)c5)c(F)c4)c(F)c3)CC2)OC1. The summed E-state index contributed by atoms with van der Waals surface area (Å²) in [6.07, 6.45) is -3.51. The summed E-state index contributed by atoms with van der Waals surface area (Å²) in [6.45, 7) is 3.39. The highest BCUT2D eigenvalue weighted by molar-refractivity contribution is 5.66. The van der Waals surface area contributed by atoms with Gasteiger partial charge in [-0.1, -0.05) is 26.2 Å². The van der Waals surface area contributed by atoms with E-state index in [0.717, 1.165) is 49.9 Å². The predicted octanol–water partition coefficient (Wildman–Crippen LogP) is 10.9. The first-order valence-corrected chi connectivity index (χ1v) is 16.0. The lowest BCUT2D eigenvalue weighted by Crippen LogP contribution is -2.38. The molecule has 0 aromatic heterocycles. The maximum absolute atomic E-state index is 15.1. The zero-order valence-corrected chi connectivity index (χ0v) is 26.3. The zero-order chi connectivity index (χ0) is 35.5. The lowest BCUT2D eigenvalue weighted by Gasteiger charge is -2.37. The first-order valence-electron chi connectivity index (χ1n) is 16.0. The van der Waals surface area contributed by atoms with Crippen molar-refractivity contribution in [2.24, 2.45) is 11.8 Å². The van der Waals surface area contributed by atoms with Gasteiger partial charge in [-0.3, -0.25) is 0 Å². The summed E-state index contributed by atoms with van der Waals surface area (Å²) in [5.74, 6) is -10.6. The van der Waals surface area contributed by atoms with Gasteiger partial charge < -0.3 is 18.9 Å². The van der Waals surface area contributed by atoms with Gasteiger partial charge in [0.25, 0.3) is 0 Å². The van der Waals surface area contributed by atoms with Crippen LogP contribution in [0.4, 0.5) is 43.9 Å². The Morgan fingerprint density at radius 2 is 1.33 bits per heavy atom. The van der Waals surface area contributed by atoms with E-state index in [9.17, 15) is 26.3 Å². The third-order valence-electron chi connectivity index (χ3n) is 8.91. The van der Waals surface area contributed by atoms with Crippen molar-refractivity contribution in [2.75, 3.05) is 13.2 Å². The topological polar surface area (TPSA) is 36.9 Å². The third-order valence-corrected chi connectivity index (χ3v) is 8.91. The molecular weight excluding hydrogens is 674 g/mol. The average molecular weight is 709 g/mol. The highest BCUT2D eigenvalue weighted by Gasteiger charge is 2.42. The Morgan fingerprint density at radius 3 is 1.88 bits per heavy atom. The van der Waals surface area contributed by atoms with Crippen LogP contribution in [0.3, 0.4) is 0 Å². The minimum atomic E-state index is -5.41. The minimum Gasteiger partial charge on any atom is -0.429 e. The van der Waals surface area contributed by atoms with E-state index in [0.29, 0.717) is 63.0 Å². The van der Waals surface area contributed by atoms with Crippen LogP contribution < -0.4 is 9.47 Å². The van der Waals surface area contributed by atoms with E-state index in [4.69, 9.17) is 9.47 Å². The van der Waals surface area contributed by atoms with Crippen LogP contribution in [-0.4, -0.2) is 25.9 Å². The Balaban J connectivity index is 1.22. The number of unbranched alkanes of at least 4 members (excludes halogenated alkanes) is 2. The average Bonchev–Trinajstić information content (AvgIpc) is 3.02. The van der Waals surface area contributed by atoms with E-state index in [1.165, 1.54) is 0 Å². The Kier molecular flexibility index (Phi) is 11.4. The standard InChI is InChI=1S/C35H34F10O4/c1-2-3-4-5-19-17-46-33(47-18-19)21-8-6-20(7-9-21)22-12-27(37)31(28(38)13-22)34(41,42)48-24-10-11-25(26(36)16-24)23-14-29(39)32(30(40)15-23)49-35(43,44)45/h10-16,19-21,33H,2-9,17-18H2,1H3. The third kappa shape index (κ3) is 8.99. The second-order valence-electron chi connectivity index (χ2n) is 12.4. The summed E-state index contributed by atoms with van der Waals surface area (Å²) < 4.78 is 160. The molecule has 2 fully saturated rings. The summed E-state index contributed by atoms with van der Waals surface area (Å²) in [4.78, 5) is 0. The molecule has 1 saturated heterocycles. The first kappa shape index (κ1) is 36.8. The van der Waals surface area contributed by atoms with Gasteiger partial charge in [0.2, 0.25) is 5.75 Å². The highest BCUT2D eigenvalue weighted by Crippen LogP contribution is 2.42. The molecule has 3 aromatic carbocycles. The van der Waals surface area contributed by atoms with Gasteiger partial charge in [0, 0.05) is 23.5 Å². The zero-order valence-electron chi connectivity index (χ0n) is 26.3. The molecule has 0 unspecified atom stereocenters. The number of hydrogen-bond acceptors (Lipinski definition) is 4. The van der Waals surface area contributed by atoms with Crippen molar-refractivity contribution >= 4 is 0 Å². The van der Waals surface area contributed by atoms with Crippen molar-refractivity contribution in [3.8, 4) is 22.6 Å². The first-order chi connectivity index (χ1) is 23.1. The fourth-order valence-electron chi connectivity index (χ4n) is 6.43. The molecule has 1 saturated carbocycles. The van der Waals surface area contributed by atoms with Crippen molar-refractivity contribution in [3.63, 3.8) is 0 Å². The quantitative estimate of drug-likeness (QED) is 0.147. The van der Waals surface area contributed by atoms with E-state index < -0.39 is 69.7 Å². The van der Waals surface area contributed by atoms with Gasteiger partial charge in [0.05, 0.1) is 13.2 Å². The summed E-state index contributed by atoms with van der Waals surface area (Å²) in [7, 11) is 0. The Labute approximate surface area is 276 Å². The molecule has 1 heterocycles. The van der Waals surface area contributed by atoms with E-state index in [-0.39, 0.29) is 23.7 Å². The Bertz CT molecular complexity index is 1550. The molecule has 4 nitrogen and oxygen atoms in total. The maximum Gasteiger partial charge on any atom is 0.573 e. The number of rotatable bonds is 11. The van der Waals surface area contributed by atoms with Crippen LogP contribution in [0.1, 0.15) is 75.3 Å². The molecule has 268 valence electrons. The second kappa shape index (κ2) is 15.2. The molecular formula is C35H34F10O4. The molecule has 14 heteroatoms. The van der Waals surface area contributed by atoms with Crippen molar-refractivity contribution in [2.45, 2.75) is 83.0 Å². The molecule has 1 aliphatic carbocycles. The Hall–Kier alpha value is -3.52. The van der Waals surface area contributed by atoms with Crippen molar-refractivity contribution in [1.82, 2.24) is 0 Å². The molecule has 1 aliphatic heterocycles. The van der Waals surface area contributed by atoms with Crippen LogP contribution in [0.2, 0.25) is 0 Å². The molecule has 2 aliphatic rings. The minimum absolute atomic E-state index is 0.104. The number of alkyl halides is 5. The number of hydrogen-bond donors (Lipinski definition) is 0. The smallest absolute Gasteiger partial charge is 0.429 e. The Morgan fingerprint density at radius 1 is 0.714 bits per heavy atom. The molecule has 0 spiro atoms. The molecule has 49 heavy (non-hydrogen) atoms. The van der Waals surface area contributed by atoms with Crippen LogP contribution in [-0.2, 0) is 15.6 Å². The fourth-order valence-corrected chi connectivity index (χ4v) is 6.43. The lowest BCUT2D eigenvalue weighted by atomic mass is 9.78. The van der Waals surface area contributed by atoms with Crippen LogP contribution in [0.5, 0.6) is 11.5 Å². The van der Waals surface area contributed by atoms with Crippen LogP contribution in [0, 0.1) is 40.9 Å². The van der Waals surface area contributed by atoms with Crippen LogP contribution in [0.15, 0.2) is 42.5 Å². The monoisotopic (exact) mass is 708 g/mol. The van der Waals surface area contributed by atoms with Crippen molar-refractivity contribution in [1.29, 1.82) is 0 Å². The van der Waals surface area contributed by atoms with Crippen molar-refractivity contribution < 1.29 is 62.9 Å². The van der Waals surface area contributed by atoms with Crippen LogP contribution in [0.25, 0.3) is 11.1 Å². The van der Waals surface area contributed by atoms with Gasteiger partial charge in [-0.05, 0) is 85.5 Å². The predicted molar refractivity (Wildman–Crippen MR) is 157 cm³/mol. The van der Waals surface area contributed by atoms with Gasteiger partial charge >= 0.3 is 12.5 Å². The number of ether oxygens (including phenoxy) is 4. The maximum atomic E-state index is 15.1. The van der Waals surface area contributed by atoms with Crippen LogP contribution >= 0.6 is 0 Å².